The van der Waals surface area contributed by atoms with Crippen molar-refractivity contribution in [2.75, 3.05) is 5.32 Å². The highest BCUT2D eigenvalue weighted by Crippen LogP contribution is 2.26. The van der Waals surface area contributed by atoms with Gasteiger partial charge in [0, 0.05) is 10.4 Å². The molecule has 0 saturated carbocycles. The maximum Gasteiger partial charge on any atom is 0.183 e. The minimum absolute atomic E-state index is 0.0823. The van der Waals surface area contributed by atoms with Gasteiger partial charge in [0.15, 0.2) is 5.13 Å². The molecule has 1 N–H and O–H groups in total. The van der Waals surface area contributed by atoms with Crippen LogP contribution in [0.2, 0.25) is 0 Å². The Hall–Kier alpha value is -1.42. The number of rotatable bonds is 3. The van der Waals surface area contributed by atoms with Crippen LogP contribution in [0.15, 0.2) is 24.3 Å². The number of thiazole rings is 1. The monoisotopic (exact) mass is 250 g/mol. The lowest BCUT2D eigenvalue weighted by atomic mass is 10.1. The van der Waals surface area contributed by atoms with E-state index in [-0.39, 0.29) is 11.9 Å². The molecule has 0 aliphatic heterocycles. The highest BCUT2D eigenvalue weighted by atomic mass is 32.1. The van der Waals surface area contributed by atoms with Crippen molar-refractivity contribution in [3.63, 3.8) is 0 Å². The molecule has 0 aliphatic carbocycles. The van der Waals surface area contributed by atoms with Crippen LogP contribution in [-0.4, -0.2) is 4.98 Å². The van der Waals surface area contributed by atoms with E-state index >= 15 is 0 Å². The van der Waals surface area contributed by atoms with Crippen LogP contribution in [0.4, 0.5) is 9.52 Å². The molecule has 0 aliphatic rings. The summed E-state index contributed by atoms with van der Waals surface area (Å²) in [6.45, 7) is 5.95. The molecule has 1 atom stereocenters. The topological polar surface area (TPSA) is 24.9 Å². The molecule has 0 amide bonds. The lowest BCUT2D eigenvalue weighted by Crippen LogP contribution is -2.08. The van der Waals surface area contributed by atoms with Gasteiger partial charge in [-0.25, -0.2) is 9.37 Å². The molecule has 2 nitrogen and oxygen atoms in total. The second-order valence-corrected chi connectivity index (χ2v) is 5.25. The Balaban J connectivity index is 2.17. The molecule has 1 unspecified atom stereocenters. The summed E-state index contributed by atoms with van der Waals surface area (Å²) in [6.07, 6.45) is 0. The van der Waals surface area contributed by atoms with E-state index in [4.69, 9.17) is 0 Å². The summed E-state index contributed by atoms with van der Waals surface area (Å²) in [4.78, 5) is 5.58. The smallest absolute Gasteiger partial charge is 0.183 e. The fourth-order valence-electron chi connectivity index (χ4n) is 1.62. The highest BCUT2D eigenvalue weighted by molar-refractivity contribution is 7.15. The molecule has 0 saturated heterocycles. The summed E-state index contributed by atoms with van der Waals surface area (Å²) in [5.74, 6) is -0.183. The van der Waals surface area contributed by atoms with Gasteiger partial charge in [-0.3, -0.25) is 0 Å². The third kappa shape index (κ3) is 2.64. The van der Waals surface area contributed by atoms with Crippen LogP contribution in [0, 0.1) is 19.7 Å². The lowest BCUT2D eigenvalue weighted by molar-refractivity contribution is 0.600. The van der Waals surface area contributed by atoms with Crippen molar-refractivity contribution in [3.05, 3.63) is 46.2 Å². The molecular formula is C13H15FN2S. The number of halogens is 1. The van der Waals surface area contributed by atoms with Crippen LogP contribution in [0.25, 0.3) is 0 Å². The number of nitrogens with one attached hydrogen (secondary N) is 1. The normalized spacial score (nSPS) is 12.5. The average molecular weight is 250 g/mol. The Kier molecular flexibility index (Phi) is 3.43. The number of aryl methyl sites for hydroxylation is 2. The van der Waals surface area contributed by atoms with Gasteiger partial charge >= 0.3 is 0 Å². The van der Waals surface area contributed by atoms with Gasteiger partial charge in [-0.2, -0.15) is 0 Å². The van der Waals surface area contributed by atoms with Gasteiger partial charge in [-0.05, 0) is 26.8 Å². The average Bonchev–Trinajstić information content (AvgIpc) is 2.58. The first-order chi connectivity index (χ1) is 8.08. The van der Waals surface area contributed by atoms with E-state index in [1.54, 1.807) is 23.5 Å². The fourth-order valence-corrected chi connectivity index (χ4v) is 2.53. The summed E-state index contributed by atoms with van der Waals surface area (Å²) < 4.78 is 13.6. The van der Waals surface area contributed by atoms with Crippen LogP contribution < -0.4 is 5.32 Å². The van der Waals surface area contributed by atoms with E-state index < -0.39 is 0 Å². The van der Waals surface area contributed by atoms with Crippen molar-refractivity contribution in [1.82, 2.24) is 4.98 Å². The predicted octanol–water partition coefficient (Wildman–Crippen LogP) is 4.07. The molecule has 1 aromatic heterocycles. The van der Waals surface area contributed by atoms with Gasteiger partial charge in [0.05, 0.1) is 11.7 Å². The number of hydrogen-bond donors (Lipinski definition) is 1. The molecule has 4 heteroatoms. The van der Waals surface area contributed by atoms with Crippen LogP contribution in [0.1, 0.15) is 29.1 Å². The van der Waals surface area contributed by atoms with E-state index in [0.717, 1.165) is 10.8 Å². The van der Waals surface area contributed by atoms with Gasteiger partial charge in [0.25, 0.3) is 0 Å². The largest absolute Gasteiger partial charge is 0.355 e. The first-order valence-corrected chi connectivity index (χ1v) is 6.34. The number of aromatic nitrogens is 1. The Bertz CT molecular complexity index is 502. The minimum atomic E-state index is -0.183. The van der Waals surface area contributed by atoms with Crippen molar-refractivity contribution in [1.29, 1.82) is 0 Å². The Morgan fingerprint density at radius 1 is 1.29 bits per heavy atom. The van der Waals surface area contributed by atoms with Crippen molar-refractivity contribution in [2.45, 2.75) is 26.8 Å². The molecule has 17 heavy (non-hydrogen) atoms. The Morgan fingerprint density at radius 2 is 2.00 bits per heavy atom. The van der Waals surface area contributed by atoms with Crippen molar-refractivity contribution >= 4 is 16.5 Å². The quantitative estimate of drug-likeness (QED) is 0.888. The van der Waals surface area contributed by atoms with Gasteiger partial charge in [-0.1, -0.05) is 18.2 Å². The maximum atomic E-state index is 13.6. The highest BCUT2D eigenvalue weighted by Gasteiger charge is 2.12. The third-order valence-corrected chi connectivity index (χ3v) is 3.74. The van der Waals surface area contributed by atoms with Crippen molar-refractivity contribution in [3.8, 4) is 0 Å². The fraction of sp³-hybridized carbons (Fsp3) is 0.308. The molecule has 2 aromatic rings. The van der Waals surface area contributed by atoms with E-state index in [0.29, 0.717) is 5.56 Å². The molecule has 0 radical (unpaired) electrons. The van der Waals surface area contributed by atoms with Crippen LogP contribution in [0.3, 0.4) is 0 Å². The number of anilines is 1. The standard InChI is InChI=1S/C13H15FN2S/c1-8-10(3)17-13(15-8)16-9(2)11-6-4-5-7-12(11)14/h4-7,9H,1-3H3,(H,15,16). The Morgan fingerprint density at radius 3 is 2.59 bits per heavy atom. The Labute approximate surface area is 105 Å². The molecule has 1 heterocycles. The summed E-state index contributed by atoms with van der Waals surface area (Å²) in [5.41, 5.74) is 1.69. The summed E-state index contributed by atoms with van der Waals surface area (Å²) in [6, 6.07) is 6.73. The van der Waals surface area contributed by atoms with E-state index in [1.165, 1.54) is 10.9 Å². The molecule has 0 spiro atoms. The third-order valence-electron chi connectivity index (χ3n) is 2.74. The zero-order valence-corrected chi connectivity index (χ0v) is 10.9. The summed E-state index contributed by atoms with van der Waals surface area (Å²) in [5, 5.41) is 4.07. The SMILES string of the molecule is Cc1nc(NC(C)c2ccccc2F)sc1C. The molecule has 0 fully saturated rings. The number of benzene rings is 1. The van der Waals surface area contributed by atoms with Crippen LogP contribution in [-0.2, 0) is 0 Å². The van der Waals surface area contributed by atoms with Gasteiger partial charge < -0.3 is 5.32 Å². The summed E-state index contributed by atoms with van der Waals surface area (Å²) >= 11 is 1.60. The second kappa shape index (κ2) is 4.84. The first kappa shape index (κ1) is 12.0. The number of hydrogen-bond acceptors (Lipinski definition) is 3. The van der Waals surface area contributed by atoms with Crippen molar-refractivity contribution < 1.29 is 4.39 Å². The van der Waals surface area contributed by atoms with Crippen LogP contribution >= 0.6 is 11.3 Å². The van der Waals surface area contributed by atoms with E-state index in [9.17, 15) is 4.39 Å². The molecule has 90 valence electrons. The van der Waals surface area contributed by atoms with Crippen molar-refractivity contribution in [2.24, 2.45) is 0 Å². The second-order valence-electron chi connectivity index (χ2n) is 4.05. The van der Waals surface area contributed by atoms with E-state index in [1.807, 2.05) is 26.8 Å². The van der Waals surface area contributed by atoms with Crippen LogP contribution in [0.5, 0.6) is 0 Å². The molecule has 2 rings (SSSR count). The van der Waals surface area contributed by atoms with Gasteiger partial charge in [0.1, 0.15) is 5.82 Å². The van der Waals surface area contributed by atoms with Gasteiger partial charge in [0.2, 0.25) is 0 Å². The predicted molar refractivity (Wildman–Crippen MR) is 70.0 cm³/mol. The lowest BCUT2D eigenvalue weighted by Gasteiger charge is -2.13. The zero-order chi connectivity index (χ0) is 12.4. The first-order valence-electron chi connectivity index (χ1n) is 5.53. The zero-order valence-electron chi connectivity index (χ0n) is 10.1. The van der Waals surface area contributed by atoms with E-state index in [2.05, 4.69) is 10.3 Å². The maximum absolute atomic E-state index is 13.6. The minimum Gasteiger partial charge on any atom is -0.355 e. The molecule has 1 aromatic carbocycles. The van der Waals surface area contributed by atoms with Gasteiger partial charge in [-0.15, -0.1) is 11.3 Å². The summed E-state index contributed by atoms with van der Waals surface area (Å²) in [7, 11) is 0. The molecule has 0 bridgehead atoms. The molecular weight excluding hydrogens is 235 g/mol. The number of nitrogens with zero attached hydrogens (tertiary/aromatic N) is 1.